The number of ether oxygens (including phenoxy) is 1. The molecule has 0 saturated heterocycles. The molecule has 0 bridgehead atoms. The molecule has 1 aromatic rings. The second-order valence-electron chi connectivity index (χ2n) is 5.36. The Bertz CT molecular complexity index is 741. The second kappa shape index (κ2) is 4.22. The highest BCUT2D eigenvalue weighted by atomic mass is 16.5. The molecule has 0 aromatic heterocycles. The van der Waals surface area contributed by atoms with Crippen LogP contribution in [-0.2, 0) is 10.2 Å². The molecule has 21 heavy (non-hydrogen) atoms. The van der Waals surface area contributed by atoms with Crippen molar-refractivity contribution in [2.24, 2.45) is 0 Å². The number of Topliss-reactive ketones (excluding diaryl/α,β-unsaturated/α-hetero) is 1. The summed E-state index contributed by atoms with van der Waals surface area (Å²) < 4.78 is 5.13. The first-order chi connectivity index (χ1) is 9.89. The number of hydrogen-bond acceptors (Lipinski definition) is 5. The van der Waals surface area contributed by atoms with Crippen molar-refractivity contribution in [3.8, 4) is 11.5 Å². The summed E-state index contributed by atoms with van der Waals surface area (Å²) in [6.07, 6.45) is 2.80. The molecule has 0 fully saturated rings. The Morgan fingerprint density at radius 3 is 2.62 bits per heavy atom. The van der Waals surface area contributed by atoms with Crippen molar-refractivity contribution >= 4 is 11.6 Å². The Morgan fingerprint density at radius 1 is 1.24 bits per heavy atom. The zero-order valence-corrected chi connectivity index (χ0v) is 11.6. The number of ketones is 2. The molecule has 1 atom stereocenters. The van der Waals surface area contributed by atoms with E-state index in [-0.39, 0.29) is 29.3 Å². The molecule has 0 heterocycles. The lowest BCUT2D eigenvalue weighted by molar-refractivity contribution is -0.113. The van der Waals surface area contributed by atoms with Gasteiger partial charge in [-0.15, -0.1) is 0 Å². The lowest BCUT2D eigenvalue weighted by Gasteiger charge is -2.30. The summed E-state index contributed by atoms with van der Waals surface area (Å²) in [4.78, 5) is 23.8. The van der Waals surface area contributed by atoms with Gasteiger partial charge in [0.25, 0.3) is 0 Å². The zero-order valence-electron chi connectivity index (χ0n) is 11.6. The summed E-state index contributed by atoms with van der Waals surface area (Å²) in [6, 6.07) is 3.04. The number of fused-ring (bicyclic) bond motifs is 2. The summed E-state index contributed by atoms with van der Waals surface area (Å²) in [6.45, 7) is 1.74. The molecule has 2 aliphatic rings. The Hall–Kier alpha value is -2.56. The van der Waals surface area contributed by atoms with Crippen LogP contribution in [0, 0.1) is 0 Å². The molecule has 0 saturated carbocycles. The molecule has 5 nitrogen and oxygen atoms in total. The third-order valence-electron chi connectivity index (χ3n) is 4.21. The number of carbonyl (C=O) groups excluding carboxylic acids is 2. The monoisotopic (exact) mass is 286 g/mol. The number of allylic oxidation sites excluding steroid dienone is 3. The van der Waals surface area contributed by atoms with Gasteiger partial charge in [0, 0.05) is 17.9 Å². The lowest BCUT2D eigenvalue weighted by atomic mass is 9.72. The lowest BCUT2D eigenvalue weighted by Crippen LogP contribution is -2.28. The van der Waals surface area contributed by atoms with E-state index < -0.39 is 11.2 Å². The molecular formula is C16H14O5. The van der Waals surface area contributed by atoms with E-state index in [1.54, 1.807) is 13.0 Å². The van der Waals surface area contributed by atoms with Gasteiger partial charge in [0.2, 0.25) is 5.78 Å². The van der Waals surface area contributed by atoms with E-state index in [0.717, 1.165) is 0 Å². The topological polar surface area (TPSA) is 83.8 Å². The van der Waals surface area contributed by atoms with Gasteiger partial charge in [-0.2, -0.15) is 0 Å². The molecule has 1 spiro atoms. The summed E-state index contributed by atoms with van der Waals surface area (Å²) in [5, 5.41) is 19.9. The number of phenolic OH excluding ortho intramolecular Hbond substituents is 1. The average molecular weight is 286 g/mol. The van der Waals surface area contributed by atoms with Gasteiger partial charge in [-0.3, -0.25) is 9.59 Å². The van der Waals surface area contributed by atoms with Crippen LogP contribution in [0.4, 0.5) is 0 Å². The number of methoxy groups -OCH3 is 1. The fourth-order valence-corrected chi connectivity index (χ4v) is 3.10. The molecule has 0 radical (unpaired) electrons. The van der Waals surface area contributed by atoms with Gasteiger partial charge in [-0.1, -0.05) is 5.57 Å². The van der Waals surface area contributed by atoms with Crippen molar-refractivity contribution in [1.82, 2.24) is 0 Å². The van der Waals surface area contributed by atoms with Crippen LogP contribution < -0.4 is 4.74 Å². The Morgan fingerprint density at radius 2 is 1.95 bits per heavy atom. The van der Waals surface area contributed by atoms with Crippen LogP contribution in [0.1, 0.15) is 29.3 Å². The molecule has 108 valence electrons. The quantitative estimate of drug-likeness (QED) is 0.826. The number of rotatable bonds is 1. The first kappa shape index (κ1) is 13.4. The number of aliphatic hydroxyl groups is 1. The molecule has 1 aromatic carbocycles. The Labute approximate surface area is 121 Å². The number of aliphatic hydroxyl groups excluding tert-OH is 1. The number of hydrogen-bond donors (Lipinski definition) is 2. The minimum Gasteiger partial charge on any atom is -0.507 e. The van der Waals surface area contributed by atoms with Crippen molar-refractivity contribution in [2.45, 2.75) is 18.8 Å². The van der Waals surface area contributed by atoms with Crippen LogP contribution in [0.25, 0.3) is 0 Å². The summed E-state index contributed by atoms with van der Waals surface area (Å²) in [5.74, 6) is -0.826. The zero-order chi connectivity index (χ0) is 15.4. The van der Waals surface area contributed by atoms with Gasteiger partial charge in [0.1, 0.15) is 11.5 Å². The molecule has 3 rings (SSSR count). The van der Waals surface area contributed by atoms with E-state index in [1.165, 1.54) is 25.3 Å². The molecule has 2 N–H and O–H groups in total. The van der Waals surface area contributed by atoms with E-state index in [1.807, 2.05) is 0 Å². The Kier molecular flexibility index (Phi) is 2.69. The molecule has 1 unspecified atom stereocenters. The number of phenols is 1. The van der Waals surface area contributed by atoms with Crippen LogP contribution in [-0.4, -0.2) is 28.9 Å². The van der Waals surface area contributed by atoms with Crippen molar-refractivity contribution in [3.05, 3.63) is 46.7 Å². The second-order valence-corrected chi connectivity index (χ2v) is 5.36. The van der Waals surface area contributed by atoms with E-state index in [2.05, 4.69) is 0 Å². The maximum atomic E-state index is 12.3. The SMILES string of the molecule is COc1cc(O)c2c(c1)C1(C=C(O)C(=O)C=C1C)CC2=O. The molecule has 0 amide bonds. The smallest absolute Gasteiger partial charge is 0.219 e. The predicted molar refractivity (Wildman–Crippen MR) is 74.8 cm³/mol. The van der Waals surface area contributed by atoms with E-state index in [0.29, 0.717) is 16.9 Å². The van der Waals surface area contributed by atoms with Gasteiger partial charge < -0.3 is 14.9 Å². The highest BCUT2D eigenvalue weighted by Gasteiger charge is 2.47. The molecule has 0 aliphatic heterocycles. The van der Waals surface area contributed by atoms with Crippen molar-refractivity contribution < 1.29 is 24.5 Å². The van der Waals surface area contributed by atoms with Gasteiger partial charge in [-0.25, -0.2) is 0 Å². The third-order valence-corrected chi connectivity index (χ3v) is 4.21. The van der Waals surface area contributed by atoms with Gasteiger partial charge in [0.05, 0.1) is 12.7 Å². The van der Waals surface area contributed by atoms with E-state index in [4.69, 9.17) is 4.74 Å². The van der Waals surface area contributed by atoms with Crippen LogP contribution in [0.15, 0.2) is 35.6 Å². The van der Waals surface area contributed by atoms with Gasteiger partial charge in [-0.05, 0) is 30.7 Å². The predicted octanol–water partition coefficient (Wildman–Crippen LogP) is 2.20. The Balaban J connectivity index is 2.32. The first-order valence-corrected chi connectivity index (χ1v) is 6.48. The minimum absolute atomic E-state index is 0.0722. The van der Waals surface area contributed by atoms with Crippen LogP contribution >= 0.6 is 0 Å². The van der Waals surface area contributed by atoms with Gasteiger partial charge in [0.15, 0.2) is 11.5 Å². The van der Waals surface area contributed by atoms with Crippen LogP contribution in [0.5, 0.6) is 11.5 Å². The van der Waals surface area contributed by atoms with Crippen molar-refractivity contribution in [1.29, 1.82) is 0 Å². The fraction of sp³-hybridized carbons (Fsp3) is 0.250. The maximum Gasteiger partial charge on any atom is 0.219 e. The van der Waals surface area contributed by atoms with Crippen LogP contribution in [0.3, 0.4) is 0 Å². The van der Waals surface area contributed by atoms with Crippen molar-refractivity contribution in [2.75, 3.05) is 7.11 Å². The van der Waals surface area contributed by atoms with E-state index >= 15 is 0 Å². The number of benzene rings is 1. The third kappa shape index (κ3) is 1.70. The maximum absolute atomic E-state index is 12.3. The summed E-state index contributed by atoms with van der Waals surface area (Å²) in [5.41, 5.74) is 0.542. The minimum atomic E-state index is -0.892. The molecule has 2 aliphatic carbocycles. The summed E-state index contributed by atoms with van der Waals surface area (Å²) >= 11 is 0. The first-order valence-electron chi connectivity index (χ1n) is 6.48. The van der Waals surface area contributed by atoms with Crippen LogP contribution in [0.2, 0.25) is 0 Å². The molecular weight excluding hydrogens is 272 g/mol. The highest BCUT2D eigenvalue weighted by molar-refractivity contribution is 6.09. The van der Waals surface area contributed by atoms with E-state index in [9.17, 15) is 19.8 Å². The van der Waals surface area contributed by atoms with Crippen molar-refractivity contribution in [3.63, 3.8) is 0 Å². The highest BCUT2D eigenvalue weighted by Crippen LogP contribution is 2.50. The van der Waals surface area contributed by atoms with Gasteiger partial charge >= 0.3 is 0 Å². The largest absolute Gasteiger partial charge is 0.507 e. The molecule has 5 heteroatoms. The average Bonchev–Trinajstić information content (AvgIpc) is 2.71. The normalized spacial score (nSPS) is 23.9. The summed E-state index contributed by atoms with van der Waals surface area (Å²) in [7, 11) is 1.46. The number of carbonyl (C=O) groups is 2. The number of aromatic hydroxyl groups is 1. The fourth-order valence-electron chi connectivity index (χ4n) is 3.10. The standard InChI is InChI=1S/C16H14O5/c1-8-3-11(17)13(19)6-16(8)7-14(20)15-10(16)4-9(21-2)5-12(15)18/h3-6,18-19H,7H2,1-2H3.